The van der Waals surface area contributed by atoms with Crippen molar-refractivity contribution < 1.29 is 29.4 Å². The lowest BCUT2D eigenvalue weighted by Gasteiger charge is -2.18. The maximum Gasteiger partial charge on any atom is 0.335 e. The van der Waals surface area contributed by atoms with Gasteiger partial charge >= 0.3 is 11.9 Å². The summed E-state index contributed by atoms with van der Waals surface area (Å²) in [6, 6.07) is 13.4. The fraction of sp³-hybridized carbons (Fsp3) is 0.200. The van der Waals surface area contributed by atoms with E-state index in [1.54, 1.807) is 42.5 Å². The summed E-state index contributed by atoms with van der Waals surface area (Å²) in [5, 5.41) is 20.4. The van der Waals surface area contributed by atoms with E-state index in [2.05, 4.69) is 5.32 Å². The first-order valence-electron chi connectivity index (χ1n) is 8.29. The number of Topliss-reactive ketones (excluding diaryl/α,β-unsaturated/α-hetero) is 1. The van der Waals surface area contributed by atoms with Crippen molar-refractivity contribution in [3.05, 3.63) is 71.3 Å². The van der Waals surface area contributed by atoms with Crippen molar-refractivity contribution in [3.8, 4) is 0 Å². The van der Waals surface area contributed by atoms with E-state index in [-0.39, 0.29) is 24.8 Å². The number of carboxylic acid groups (broad SMARTS) is 2. The van der Waals surface area contributed by atoms with E-state index in [1.165, 1.54) is 12.1 Å². The Labute approximate surface area is 155 Å². The molecule has 0 aliphatic rings. The number of ketones is 1. The molecule has 7 heteroatoms. The molecule has 0 heterocycles. The van der Waals surface area contributed by atoms with Gasteiger partial charge in [0.05, 0.1) is 18.0 Å². The monoisotopic (exact) mass is 369 g/mol. The summed E-state index contributed by atoms with van der Waals surface area (Å²) < 4.78 is 0. The number of aromatic carboxylic acids is 1. The Morgan fingerprint density at radius 1 is 0.815 bits per heavy atom. The van der Waals surface area contributed by atoms with Gasteiger partial charge < -0.3 is 15.5 Å². The predicted octanol–water partition coefficient (Wildman–Crippen LogP) is 2.16. The van der Waals surface area contributed by atoms with Crippen LogP contribution in [-0.4, -0.2) is 39.9 Å². The molecular weight excluding hydrogens is 350 g/mol. The predicted molar refractivity (Wildman–Crippen MR) is 96.7 cm³/mol. The van der Waals surface area contributed by atoms with Gasteiger partial charge in [0.2, 0.25) is 0 Å². The molecule has 3 N–H and O–H groups in total. The van der Waals surface area contributed by atoms with Crippen molar-refractivity contribution in [1.29, 1.82) is 0 Å². The third-order valence-corrected chi connectivity index (χ3v) is 3.96. The second kappa shape index (κ2) is 9.28. The molecule has 0 aliphatic heterocycles. The molecule has 0 aliphatic carbocycles. The van der Waals surface area contributed by atoms with Gasteiger partial charge in [0.25, 0.3) is 5.91 Å². The third kappa shape index (κ3) is 6.07. The van der Waals surface area contributed by atoms with Gasteiger partial charge in [-0.2, -0.15) is 0 Å². The molecule has 0 unspecified atom stereocenters. The number of benzene rings is 2. The Hall–Kier alpha value is -3.48. The smallest absolute Gasteiger partial charge is 0.335 e. The molecule has 140 valence electrons. The Morgan fingerprint density at radius 2 is 1.44 bits per heavy atom. The maximum absolute atomic E-state index is 12.4. The van der Waals surface area contributed by atoms with E-state index in [4.69, 9.17) is 10.2 Å². The molecule has 0 bridgehead atoms. The van der Waals surface area contributed by atoms with Crippen LogP contribution in [0.3, 0.4) is 0 Å². The van der Waals surface area contributed by atoms with Crippen molar-refractivity contribution in [2.24, 2.45) is 0 Å². The lowest BCUT2D eigenvalue weighted by atomic mass is 9.98. The van der Waals surface area contributed by atoms with E-state index >= 15 is 0 Å². The van der Waals surface area contributed by atoms with E-state index in [0.717, 1.165) is 0 Å². The highest BCUT2D eigenvalue weighted by Gasteiger charge is 2.22. The van der Waals surface area contributed by atoms with Gasteiger partial charge in [-0.15, -0.1) is 0 Å². The Kier molecular flexibility index (Phi) is 6.82. The molecule has 0 radical (unpaired) electrons. The number of rotatable bonds is 9. The zero-order valence-corrected chi connectivity index (χ0v) is 14.4. The van der Waals surface area contributed by atoms with Crippen molar-refractivity contribution in [3.63, 3.8) is 0 Å². The van der Waals surface area contributed by atoms with Crippen LogP contribution in [0.25, 0.3) is 0 Å². The molecule has 1 amide bonds. The van der Waals surface area contributed by atoms with Gasteiger partial charge in [-0.25, -0.2) is 4.79 Å². The van der Waals surface area contributed by atoms with Crippen LogP contribution in [0.15, 0.2) is 54.6 Å². The highest BCUT2D eigenvalue weighted by molar-refractivity contribution is 5.98. The minimum atomic E-state index is -1.10. The van der Waals surface area contributed by atoms with Crippen molar-refractivity contribution in [2.75, 3.05) is 0 Å². The van der Waals surface area contributed by atoms with Gasteiger partial charge in [0, 0.05) is 12.0 Å². The van der Waals surface area contributed by atoms with E-state index in [9.17, 15) is 19.2 Å². The molecule has 0 saturated heterocycles. The summed E-state index contributed by atoms with van der Waals surface area (Å²) in [6.07, 6.45) is -0.395. The fourth-order valence-corrected chi connectivity index (χ4v) is 2.50. The van der Waals surface area contributed by atoms with Crippen molar-refractivity contribution >= 4 is 23.6 Å². The topological polar surface area (TPSA) is 121 Å². The second-order valence-corrected chi connectivity index (χ2v) is 5.96. The first-order chi connectivity index (χ1) is 12.9. The Balaban J connectivity index is 2.15. The molecule has 0 saturated carbocycles. The largest absolute Gasteiger partial charge is 0.481 e. The fourth-order valence-electron chi connectivity index (χ4n) is 2.50. The molecule has 2 aromatic carbocycles. The number of hydrogen-bond donors (Lipinski definition) is 3. The average Bonchev–Trinajstić information content (AvgIpc) is 2.66. The molecule has 2 aromatic rings. The Bertz CT molecular complexity index is 829. The number of amides is 1. The summed E-state index contributed by atoms with van der Waals surface area (Å²) >= 11 is 0. The van der Waals surface area contributed by atoms with Crippen LogP contribution in [-0.2, 0) is 16.0 Å². The molecule has 0 aromatic heterocycles. The molecular formula is C20H19NO6. The molecule has 2 rings (SSSR count). The standard InChI is InChI=1S/C20H19NO6/c22-17(10-11-18(23)24)16(21-19(25)14-4-2-1-3-5-14)12-13-6-8-15(9-7-13)20(26)27/h1-9,16H,10-12H2,(H,21,25)(H,23,24)(H,26,27)/t16-/m1/s1. The highest BCUT2D eigenvalue weighted by Crippen LogP contribution is 2.11. The zero-order valence-electron chi connectivity index (χ0n) is 14.4. The van der Waals surface area contributed by atoms with Gasteiger partial charge in [0.1, 0.15) is 0 Å². The SMILES string of the molecule is O=C(O)CCC(=O)[C@@H](Cc1ccc(C(=O)O)cc1)NC(=O)c1ccccc1. The highest BCUT2D eigenvalue weighted by atomic mass is 16.4. The minimum absolute atomic E-state index is 0.112. The van der Waals surface area contributed by atoms with Gasteiger partial charge in [0.15, 0.2) is 5.78 Å². The van der Waals surface area contributed by atoms with Crippen LogP contribution in [0.4, 0.5) is 0 Å². The summed E-state index contributed by atoms with van der Waals surface area (Å²) in [4.78, 5) is 46.5. The summed E-state index contributed by atoms with van der Waals surface area (Å²) in [5.41, 5.74) is 1.15. The van der Waals surface area contributed by atoms with Crippen LogP contribution in [0.1, 0.15) is 39.1 Å². The number of carboxylic acids is 2. The number of hydrogen-bond acceptors (Lipinski definition) is 4. The van der Waals surface area contributed by atoms with Crippen LogP contribution in [0.2, 0.25) is 0 Å². The van der Waals surface area contributed by atoms with Crippen LogP contribution in [0.5, 0.6) is 0 Å². The quantitative estimate of drug-likeness (QED) is 0.623. The van der Waals surface area contributed by atoms with Crippen LogP contribution >= 0.6 is 0 Å². The van der Waals surface area contributed by atoms with Crippen LogP contribution in [0, 0.1) is 0 Å². The summed E-state index contributed by atoms with van der Waals surface area (Å²) in [7, 11) is 0. The first kappa shape index (κ1) is 19.8. The number of aliphatic carboxylic acids is 1. The molecule has 0 spiro atoms. The number of carbonyl (C=O) groups excluding carboxylic acids is 2. The number of carbonyl (C=O) groups is 4. The molecule has 7 nitrogen and oxygen atoms in total. The normalized spacial score (nSPS) is 11.4. The van der Waals surface area contributed by atoms with Crippen molar-refractivity contribution in [2.45, 2.75) is 25.3 Å². The molecule has 1 atom stereocenters. The lowest BCUT2D eigenvalue weighted by Crippen LogP contribution is -2.42. The first-order valence-corrected chi connectivity index (χ1v) is 8.29. The van der Waals surface area contributed by atoms with E-state index in [0.29, 0.717) is 11.1 Å². The molecule has 0 fully saturated rings. The van der Waals surface area contributed by atoms with Gasteiger partial charge in [-0.05, 0) is 36.2 Å². The van der Waals surface area contributed by atoms with Crippen molar-refractivity contribution in [1.82, 2.24) is 5.32 Å². The maximum atomic E-state index is 12.4. The number of nitrogens with one attached hydrogen (secondary N) is 1. The zero-order chi connectivity index (χ0) is 19.8. The van der Waals surface area contributed by atoms with E-state index in [1.807, 2.05) is 0 Å². The third-order valence-electron chi connectivity index (χ3n) is 3.96. The van der Waals surface area contributed by atoms with Crippen LogP contribution < -0.4 is 5.32 Å². The van der Waals surface area contributed by atoms with E-state index < -0.39 is 29.7 Å². The summed E-state index contributed by atoms with van der Waals surface area (Å²) in [6.45, 7) is 0. The Morgan fingerprint density at radius 3 is 2.00 bits per heavy atom. The lowest BCUT2D eigenvalue weighted by molar-refractivity contribution is -0.138. The second-order valence-electron chi connectivity index (χ2n) is 5.96. The average molecular weight is 369 g/mol. The summed E-state index contributed by atoms with van der Waals surface area (Å²) in [5.74, 6) is -2.99. The van der Waals surface area contributed by atoms with Gasteiger partial charge in [-0.1, -0.05) is 30.3 Å². The minimum Gasteiger partial charge on any atom is -0.481 e. The van der Waals surface area contributed by atoms with Gasteiger partial charge in [-0.3, -0.25) is 14.4 Å². The molecule has 27 heavy (non-hydrogen) atoms.